The van der Waals surface area contributed by atoms with E-state index in [1.54, 1.807) is 55.6 Å². The minimum absolute atomic E-state index is 0.0349. The van der Waals surface area contributed by atoms with Crippen LogP contribution in [0.2, 0.25) is 0 Å². The molecule has 2 aromatic rings. The highest BCUT2D eigenvalue weighted by Crippen LogP contribution is 2.33. The molecule has 0 radical (unpaired) electrons. The number of hydrogen-bond donors (Lipinski definition) is 2. The summed E-state index contributed by atoms with van der Waals surface area (Å²) in [4.78, 5) is 82.4. The van der Waals surface area contributed by atoms with E-state index in [1.165, 1.54) is 27.5 Å². The molecule has 2 amide bonds. The second kappa shape index (κ2) is 22.0. The van der Waals surface area contributed by atoms with Gasteiger partial charge in [-0.25, -0.2) is 29.1 Å². The summed E-state index contributed by atoms with van der Waals surface area (Å²) < 4.78 is 22.0. The fraction of sp³-hybridized carbons (Fsp3) is 0.692. The van der Waals surface area contributed by atoms with E-state index < -0.39 is 53.5 Å². The van der Waals surface area contributed by atoms with E-state index in [9.17, 15) is 33.9 Å². The summed E-state index contributed by atoms with van der Waals surface area (Å²) >= 11 is 2.23. The van der Waals surface area contributed by atoms with Crippen LogP contribution >= 0.6 is 22.7 Å². The Kier molecular flexibility index (Phi) is 19.6. The third kappa shape index (κ3) is 18.2. The molecule has 0 bridgehead atoms. The van der Waals surface area contributed by atoms with Crippen LogP contribution in [0.15, 0.2) is 10.8 Å². The maximum atomic E-state index is 12.6. The van der Waals surface area contributed by atoms with E-state index in [0.717, 1.165) is 22.7 Å². The van der Waals surface area contributed by atoms with Crippen molar-refractivity contribution in [2.24, 2.45) is 17.8 Å². The van der Waals surface area contributed by atoms with Crippen molar-refractivity contribution in [2.75, 3.05) is 14.1 Å². The van der Waals surface area contributed by atoms with Gasteiger partial charge in [0.15, 0.2) is 23.6 Å². The van der Waals surface area contributed by atoms with Crippen LogP contribution in [-0.2, 0) is 28.5 Å². The second-order valence-corrected chi connectivity index (χ2v) is 18.5. The van der Waals surface area contributed by atoms with Crippen LogP contribution in [0.4, 0.5) is 9.59 Å². The van der Waals surface area contributed by atoms with E-state index >= 15 is 0 Å². The van der Waals surface area contributed by atoms with Gasteiger partial charge in [-0.1, -0.05) is 41.5 Å². The molecule has 0 fully saturated rings. The zero-order valence-corrected chi connectivity index (χ0v) is 37.5. The van der Waals surface area contributed by atoms with Crippen molar-refractivity contribution < 1.29 is 57.9 Å². The number of carbonyl (C=O) groups is 6. The molecule has 2 rings (SSSR count). The highest BCUT2D eigenvalue weighted by Gasteiger charge is 2.34. The lowest BCUT2D eigenvalue weighted by molar-refractivity contribution is -0.151. The van der Waals surface area contributed by atoms with Crippen LogP contribution in [0.1, 0.15) is 152 Å². The number of ether oxygens (including phenoxy) is 4. The average Bonchev–Trinajstić information content (AvgIpc) is 3.73. The highest BCUT2D eigenvalue weighted by molar-refractivity contribution is 7.10. The molecule has 2 aromatic heterocycles. The number of hydrogen-bond acceptors (Lipinski definition) is 14. The zero-order chi connectivity index (χ0) is 44.2. The number of aromatic nitrogens is 2. The molecule has 18 heteroatoms. The van der Waals surface area contributed by atoms with Crippen molar-refractivity contribution in [3.05, 3.63) is 32.2 Å². The first-order chi connectivity index (χ1) is 26.0. The molecule has 0 saturated carbocycles. The number of carboxylic acid groups (broad SMARTS) is 2. The van der Waals surface area contributed by atoms with Crippen LogP contribution in [0.5, 0.6) is 0 Å². The molecule has 322 valence electrons. The molecule has 0 saturated heterocycles. The highest BCUT2D eigenvalue weighted by atomic mass is 32.1. The first-order valence-corrected chi connectivity index (χ1v) is 20.4. The topological polar surface area (TPSA) is 212 Å². The van der Waals surface area contributed by atoms with Gasteiger partial charge in [0, 0.05) is 63.1 Å². The number of carboxylic acids is 2. The standard InChI is InChI=1S/C21H34N2O6S.C18H28N2O6S/c1-12(2)9-17(24)28-16(18-22-14(11-30-18)19(25)26)10-15(13(3)4)23(8)20(27)29-21(5,6)7;1-10(2)13(20(7)17(24)26-18(4,5)6)8-14(25-11(3)21)15-19-12(9-27-15)16(22)23/h11-13,15-16H,9-10H2,1-8H3,(H,25,26);9-10,13-14H,8H2,1-7H3,(H,22,23)/t15-,16+;13-,14+/m00/s1. The fourth-order valence-corrected chi connectivity index (χ4v) is 7.01. The first kappa shape index (κ1) is 50.7. The number of carbonyl (C=O) groups excluding carboxylic acids is 4. The Bertz CT molecular complexity index is 1660. The Morgan fingerprint density at radius 3 is 1.28 bits per heavy atom. The van der Waals surface area contributed by atoms with Gasteiger partial charge >= 0.3 is 36.1 Å². The Morgan fingerprint density at radius 2 is 1.02 bits per heavy atom. The van der Waals surface area contributed by atoms with Gasteiger partial charge < -0.3 is 39.0 Å². The molecule has 0 aliphatic heterocycles. The van der Waals surface area contributed by atoms with Crippen molar-refractivity contribution in [1.82, 2.24) is 19.8 Å². The van der Waals surface area contributed by atoms with Gasteiger partial charge in [0.1, 0.15) is 21.2 Å². The van der Waals surface area contributed by atoms with E-state index in [4.69, 9.17) is 24.1 Å². The zero-order valence-electron chi connectivity index (χ0n) is 35.9. The predicted molar refractivity (Wildman–Crippen MR) is 215 cm³/mol. The molecular formula is C39H62N4O12S2. The SMILES string of the molecule is CC(=O)O[C@H](C[C@@H](C(C)C)N(C)C(=O)OC(C)(C)C)c1nc(C(=O)O)cs1.CC(C)CC(=O)O[C@H](C[C@@H](C(C)C)N(C)C(=O)OC(C)(C)C)c1nc(C(=O)O)cs1. The summed E-state index contributed by atoms with van der Waals surface area (Å²) in [6.07, 6.45) is -1.66. The van der Waals surface area contributed by atoms with E-state index in [2.05, 4.69) is 9.97 Å². The minimum Gasteiger partial charge on any atom is -0.476 e. The molecule has 2 N–H and O–H groups in total. The van der Waals surface area contributed by atoms with Gasteiger partial charge in [-0.2, -0.15) is 0 Å². The van der Waals surface area contributed by atoms with Gasteiger partial charge in [0.25, 0.3) is 0 Å². The Labute approximate surface area is 344 Å². The van der Waals surface area contributed by atoms with E-state index in [-0.39, 0.29) is 66.5 Å². The second-order valence-electron chi connectivity index (χ2n) is 16.7. The number of nitrogens with zero attached hydrogens (tertiary/aromatic N) is 4. The summed E-state index contributed by atoms with van der Waals surface area (Å²) in [7, 11) is 3.28. The van der Waals surface area contributed by atoms with Crippen molar-refractivity contribution in [1.29, 1.82) is 0 Å². The predicted octanol–water partition coefficient (Wildman–Crippen LogP) is 8.48. The molecule has 2 heterocycles. The van der Waals surface area contributed by atoms with Crippen molar-refractivity contribution in [2.45, 2.75) is 145 Å². The lowest BCUT2D eigenvalue weighted by Crippen LogP contribution is -2.44. The molecule has 57 heavy (non-hydrogen) atoms. The number of rotatable bonds is 16. The van der Waals surface area contributed by atoms with Gasteiger partial charge in [-0.15, -0.1) is 22.7 Å². The number of aromatic carboxylic acids is 2. The quantitative estimate of drug-likeness (QED) is 0.120. The summed E-state index contributed by atoms with van der Waals surface area (Å²) in [5.74, 6) is -2.98. The molecule has 0 unspecified atom stereocenters. The lowest BCUT2D eigenvalue weighted by Gasteiger charge is -2.34. The molecule has 16 nitrogen and oxygen atoms in total. The fourth-order valence-electron chi connectivity index (χ4n) is 5.34. The summed E-state index contributed by atoms with van der Waals surface area (Å²) in [6.45, 7) is 23.7. The van der Waals surface area contributed by atoms with Gasteiger partial charge in [-0.3, -0.25) is 9.59 Å². The summed E-state index contributed by atoms with van der Waals surface area (Å²) in [5, 5.41) is 21.9. The minimum atomic E-state index is -1.15. The Hall–Kier alpha value is -4.32. The third-order valence-corrected chi connectivity index (χ3v) is 9.87. The summed E-state index contributed by atoms with van der Waals surface area (Å²) in [5.41, 5.74) is -1.47. The lowest BCUT2D eigenvalue weighted by atomic mass is 9.96. The van der Waals surface area contributed by atoms with Crippen molar-refractivity contribution >= 4 is 58.7 Å². The number of amides is 2. The van der Waals surface area contributed by atoms with Crippen LogP contribution in [0, 0.1) is 17.8 Å². The normalized spacial score (nSPS) is 13.8. The van der Waals surface area contributed by atoms with Crippen molar-refractivity contribution in [3.63, 3.8) is 0 Å². The average molecular weight is 843 g/mol. The molecule has 0 aromatic carbocycles. The van der Waals surface area contributed by atoms with E-state index in [1.807, 2.05) is 41.5 Å². The molecular weight excluding hydrogens is 781 g/mol. The maximum Gasteiger partial charge on any atom is 0.410 e. The smallest absolute Gasteiger partial charge is 0.410 e. The molecule has 0 aliphatic rings. The van der Waals surface area contributed by atoms with Crippen LogP contribution < -0.4 is 0 Å². The number of thiazole rings is 2. The van der Waals surface area contributed by atoms with Crippen molar-refractivity contribution in [3.8, 4) is 0 Å². The van der Waals surface area contributed by atoms with Crippen LogP contribution in [-0.4, -0.2) is 103 Å². The Balaban J connectivity index is 0.000000573. The van der Waals surface area contributed by atoms with Gasteiger partial charge in [0.2, 0.25) is 0 Å². The van der Waals surface area contributed by atoms with E-state index in [0.29, 0.717) is 10.0 Å². The van der Waals surface area contributed by atoms with Gasteiger partial charge in [0.05, 0.1) is 0 Å². The number of esters is 2. The Morgan fingerprint density at radius 1 is 0.667 bits per heavy atom. The summed E-state index contributed by atoms with van der Waals surface area (Å²) in [6, 6.07) is -0.616. The largest absolute Gasteiger partial charge is 0.476 e. The van der Waals surface area contributed by atoms with Gasteiger partial charge in [-0.05, 0) is 59.3 Å². The monoisotopic (exact) mass is 842 g/mol. The van der Waals surface area contributed by atoms with Crippen LogP contribution in [0.3, 0.4) is 0 Å². The molecule has 4 atom stereocenters. The molecule has 0 spiro atoms. The molecule has 0 aliphatic carbocycles. The third-order valence-electron chi connectivity index (χ3n) is 8.00. The first-order valence-electron chi connectivity index (χ1n) is 18.7. The maximum absolute atomic E-state index is 12.6. The van der Waals surface area contributed by atoms with Crippen LogP contribution in [0.25, 0.3) is 0 Å².